The van der Waals surface area contributed by atoms with Crippen LogP contribution in [0.3, 0.4) is 0 Å². The highest BCUT2D eigenvalue weighted by molar-refractivity contribution is 7.92. The van der Waals surface area contributed by atoms with E-state index in [1.54, 1.807) is 24.3 Å². The monoisotopic (exact) mass is 390 g/mol. The van der Waals surface area contributed by atoms with E-state index < -0.39 is 16.1 Å². The van der Waals surface area contributed by atoms with Gasteiger partial charge in [-0.15, -0.1) is 0 Å². The van der Waals surface area contributed by atoms with E-state index in [1.165, 1.54) is 11.4 Å². The summed E-state index contributed by atoms with van der Waals surface area (Å²) < 4.78 is 30.2. The number of hydrogen-bond donors (Lipinski definition) is 1. The summed E-state index contributed by atoms with van der Waals surface area (Å²) in [7, 11) is -1.84. The maximum atomic E-state index is 12.6. The second-order valence-corrected chi connectivity index (χ2v) is 8.62. The zero-order valence-corrected chi connectivity index (χ0v) is 17.1. The van der Waals surface area contributed by atoms with Crippen molar-refractivity contribution in [1.82, 2.24) is 0 Å². The minimum absolute atomic E-state index is 0.222. The van der Waals surface area contributed by atoms with E-state index in [1.807, 2.05) is 39.0 Å². The lowest BCUT2D eigenvalue weighted by Gasteiger charge is -2.19. The molecule has 1 N–H and O–H groups in total. The van der Waals surface area contributed by atoms with Crippen molar-refractivity contribution in [3.63, 3.8) is 0 Å². The highest BCUT2D eigenvalue weighted by atomic mass is 32.2. The van der Waals surface area contributed by atoms with E-state index in [9.17, 15) is 13.2 Å². The lowest BCUT2D eigenvalue weighted by molar-refractivity contribution is -0.122. The van der Waals surface area contributed by atoms with Gasteiger partial charge in [0, 0.05) is 12.7 Å². The van der Waals surface area contributed by atoms with Crippen LogP contribution in [0.1, 0.15) is 24.5 Å². The first-order valence-corrected chi connectivity index (χ1v) is 10.5. The zero-order valence-electron chi connectivity index (χ0n) is 16.3. The third-order valence-electron chi connectivity index (χ3n) is 4.13. The van der Waals surface area contributed by atoms with E-state index in [4.69, 9.17) is 4.74 Å². The number of sulfonamides is 1. The van der Waals surface area contributed by atoms with Crippen LogP contribution in [-0.4, -0.2) is 33.7 Å². The standard InChI is InChI=1S/C20H26N2O4S/c1-6-19(20(23)21-16-12-14(2)11-15(3)13-16)26-18-9-7-17(8-10-18)22(4)27(5,24)25/h7-13,19H,6H2,1-5H3,(H,21,23)/t19-/m1/s1. The van der Waals surface area contributed by atoms with Crippen LogP contribution >= 0.6 is 0 Å². The Kier molecular flexibility index (Phi) is 6.49. The van der Waals surface area contributed by atoms with Gasteiger partial charge in [0.05, 0.1) is 11.9 Å². The number of hydrogen-bond acceptors (Lipinski definition) is 4. The van der Waals surface area contributed by atoms with E-state index >= 15 is 0 Å². The number of aryl methyl sites for hydroxylation is 2. The third kappa shape index (κ3) is 5.72. The molecule has 0 spiro atoms. The van der Waals surface area contributed by atoms with Crippen molar-refractivity contribution in [3.8, 4) is 5.75 Å². The molecule has 0 unspecified atom stereocenters. The molecular formula is C20H26N2O4S. The molecule has 6 nitrogen and oxygen atoms in total. The average molecular weight is 391 g/mol. The predicted molar refractivity (Wildman–Crippen MR) is 109 cm³/mol. The van der Waals surface area contributed by atoms with Gasteiger partial charge < -0.3 is 10.1 Å². The second-order valence-electron chi connectivity index (χ2n) is 6.60. The molecule has 0 saturated carbocycles. The molecule has 0 bridgehead atoms. The van der Waals surface area contributed by atoms with Gasteiger partial charge >= 0.3 is 0 Å². The number of amides is 1. The molecule has 1 atom stereocenters. The van der Waals surface area contributed by atoms with Crippen molar-refractivity contribution in [2.45, 2.75) is 33.3 Å². The highest BCUT2D eigenvalue weighted by Crippen LogP contribution is 2.22. The van der Waals surface area contributed by atoms with Gasteiger partial charge in [0.1, 0.15) is 5.75 Å². The zero-order chi connectivity index (χ0) is 20.2. The van der Waals surface area contributed by atoms with Gasteiger partial charge in [-0.25, -0.2) is 8.42 Å². The molecule has 1 amide bonds. The van der Waals surface area contributed by atoms with Crippen molar-refractivity contribution in [3.05, 3.63) is 53.6 Å². The summed E-state index contributed by atoms with van der Waals surface area (Å²) in [5.41, 5.74) is 3.41. The lowest BCUT2D eigenvalue weighted by atomic mass is 10.1. The Morgan fingerprint density at radius 1 is 1.11 bits per heavy atom. The van der Waals surface area contributed by atoms with Gasteiger partial charge in [-0.2, -0.15) is 0 Å². The molecule has 27 heavy (non-hydrogen) atoms. The number of carbonyl (C=O) groups excluding carboxylic acids is 1. The molecule has 0 saturated heterocycles. The van der Waals surface area contributed by atoms with Gasteiger partial charge in [-0.3, -0.25) is 9.10 Å². The smallest absolute Gasteiger partial charge is 0.265 e. The van der Waals surface area contributed by atoms with Crippen molar-refractivity contribution in [2.24, 2.45) is 0 Å². The first-order chi connectivity index (χ1) is 12.6. The Morgan fingerprint density at radius 2 is 1.67 bits per heavy atom. The summed E-state index contributed by atoms with van der Waals surface area (Å²) in [6.45, 7) is 5.83. The van der Waals surface area contributed by atoms with Gasteiger partial charge in [0.15, 0.2) is 6.10 Å². The maximum absolute atomic E-state index is 12.6. The number of rotatable bonds is 7. The first kappa shape index (κ1) is 20.8. The molecule has 0 aliphatic carbocycles. The molecule has 2 rings (SSSR count). The van der Waals surface area contributed by atoms with Crippen LogP contribution in [0, 0.1) is 13.8 Å². The average Bonchev–Trinajstić information content (AvgIpc) is 2.57. The first-order valence-electron chi connectivity index (χ1n) is 8.70. The molecule has 0 fully saturated rings. The molecule has 2 aromatic carbocycles. The van der Waals surface area contributed by atoms with Crippen molar-refractivity contribution >= 4 is 27.3 Å². The Bertz CT molecular complexity index is 888. The van der Waals surface area contributed by atoms with Gasteiger partial charge in [0.2, 0.25) is 10.0 Å². The fourth-order valence-electron chi connectivity index (χ4n) is 2.68. The topological polar surface area (TPSA) is 75.7 Å². The van der Waals surface area contributed by atoms with Crippen LogP contribution in [0.15, 0.2) is 42.5 Å². The normalized spacial score (nSPS) is 12.3. The summed E-state index contributed by atoms with van der Waals surface area (Å²) in [6.07, 6.45) is 0.994. The summed E-state index contributed by atoms with van der Waals surface area (Å²) in [4.78, 5) is 12.6. The maximum Gasteiger partial charge on any atom is 0.265 e. The van der Waals surface area contributed by atoms with Crippen LogP contribution < -0.4 is 14.4 Å². The highest BCUT2D eigenvalue weighted by Gasteiger charge is 2.19. The van der Waals surface area contributed by atoms with Gasteiger partial charge in [0.25, 0.3) is 5.91 Å². The predicted octanol–water partition coefficient (Wildman–Crippen LogP) is 3.50. The van der Waals surface area contributed by atoms with Crippen LogP contribution in [0.4, 0.5) is 11.4 Å². The molecule has 2 aromatic rings. The summed E-state index contributed by atoms with van der Waals surface area (Å²) in [6, 6.07) is 12.5. The SMILES string of the molecule is CC[C@@H](Oc1ccc(N(C)S(C)(=O)=O)cc1)C(=O)Nc1cc(C)cc(C)c1. The molecule has 7 heteroatoms. The summed E-state index contributed by atoms with van der Waals surface area (Å²) in [5.74, 6) is 0.280. The largest absolute Gasteiger partial charge is 0.481 e. The molecular weight excluding hydrogens is 364 g/mol. The van der Waals surface area contributed by atoms with Crippen molar-refractivity contribution < 1.29 is 17.9 Å². The van der Waals surface area contributed by atoms with Crippen LogP contribution in [0.25, 0.3) is 0 Å². The Labute approximate surface area is 161 Å². The summed E-state index contributed by atoms with van der Waals surface area (Å²) in [5, 5.41) is 2.89. The summed E-state index contributed by atoms with van der Waals surface area (Å²) >= 11 is 0. The second kappa shape index (κ2) is 8.43. The number of anilines is 2. The van der Waals surface area contributed by atoms with Crippen LogP contribution in [0.5, 0.6) is 5.75 Å². The number of nitrogens with zero attached hydrogens (tertiary/aromatic N) is 1. The molecule has 0 aliphatic rings. The third-order valence-corrected chi connectivity index (χ3v) is 5.33. The van der Waals surface area contributed by atoms with E-state index in [-0.39, 0.29) is 5.91 Å². The van der Waals surface area contributed by atoms with Gasteiger partial charge in [-0.05, 0) is 67.8 Å². The molecule has 146 valence electrons. The molecule has 0 heterocycles. The quantitative estimate of drug-likeness (QED) is 0.785. The lowest BCUT2D eigenvalue weighted by Crippen LogP contribution is -2.32. The molecule has 0 radical (unpaired) electrons. The fourth-order valence-corrected chi connectivity index (χ4v) is 3.19. The van der Waals surface area contributed by atoms with Crippen LogP contribution in [0.2, 0.25) is 0 Å². The van der Waals surface area contributed by atoms with Gasteiger partial charge in [-0.1, -0.05) is 13.0 Å². The number of ether oxygens (including phenoxy) is 1. The number of carbonyl (C=O) groups is 1. The molecule has 0 aromatic heterocycles. The van der Waals surface area contributed by atoms with Crippen LogP contribution in [-0.2, 0) is 14.8 Å². The fraction of sp³-hybridized carbons (Fsp3) is 0.350. The Balaban J connectivity index is 2.08. The van der Waals surface area contributed by atoms with Crippen molar-refractivity contribution in [2.75, 3.05) is 22.9 Å². The molecule has 0 aliphatic heterocycles. The van der Waals surface area contributed by atoms with E-state index in [0.717, 1.165) is 23.1 Å². The van der Waals surface area contributed by atoms with E-state index in [2.05, 4.69) is 5.32 Å². The minimum atomic E-state index is -3.32. The minimum Gasteiger partial charge on any atom is -0.481 e. The number of benzene rings is 2. The Hall–Kier alpha value is -2.54. The van der Waals surface area contributed by atoms with E-state index in [0.29, 0.717) is 17.9 Å². The van der Waals surface area contributed by atoms with Crippen molar-refractivity contribution in [1.29, 1.82) is 0 Å². The number of nitrogens with one attached hydrogen (secondary N) is 1. The Morgan fingerprint density at radius 3 is 2.15 bits per heavy atom.